The average molecular weight is 606 g/mol. The number of fused-ring (bicyclic) bond motifs is 1. The number of nitrogens with zero attached hydrogens (tertiary/aromatic N) is 7. The fourth-order valence-corrected chi connectivity index (χ4v) is 4.33. The molecule has 4 aromatic rings. The molecule has 224 valence electrons. The van der Waals surface area contributed by atoms with Crippen molar-refractivity contribution >= 4 is 34.8 Å². The minimum Gasteiger partial charge on any atom is -0.451 e. The van der Waals surface area contributed by atoms with Crippen LogP contribution in [-0.4, -0.2) is 74.0 Å². The minimum absolute atomic E-state index is 0.0298. The Hall–Kier alpha value is -4.89. The lowest BCUT2D eigenvalue weighted by atomic mass is 10.2. The van der Waals surface area contributed by atoms with Gasteiger partial charge in [0.25, 0.3) is 5.56 Å². The summed E-state index contributed by atoms with van der Waals surface area (Å²) in [6.07, 6.45) is 2.68. The number of hydrogen-bond acceptors (Lipinski definition) is 8. The zero-order valence-corrected chi connectivity index (χ0v) is 25.5. The lowest BCUT2D eigenvalue weighted by molar-refractivity contribution is 0.0290. The predicted octanol–water partition coefficient (Wildman–Crippen LogP) is 5.03. The van der Waals surface area contributed by atoms with Gasteiger partial charge in [-0.1, -0.05) is 11.6 Å². The van der Waals surface area contributed by atoms with Gasteiger partial charge in [-0.15, -0.1) is 0 Å². The predicted molar refractivity (Wildman–Crippen MR) is 161 cm³/mol. The summed E-state index contributed by atoms with van der Waals surface area (Å²) < 4.78 is 13.9. The number of benzene rings is 1. The monoisotopic (exact) mass is 605 g/mol. The third kappa shape index (κ3) is 7.31. The van der Waals surface area contributed by atoms with Crippen molar-refractivity contribution < 1.29 is 19.1 Å². The maximum Gasteiger partial charge on any atom is 0.410 e. The van der Waals surface area contributed by atoms with Crippen molar-refractivity contribution in [2.24, 2.45) is 0 Å². The van der Waals surface area contributed by atoms with Crippen molar-refractivity contribution in [1.82, 2.24) is 29.1 Å². The molecule has 1 aromatic carbocycles. The van der Waals surface area contributed by atoms with Crippen LogP contribution in [0.3, 0.4) is 0 Å². The summed E-state index contributed by atoms with van der Waals surface area (Å²) >= 11 is 6.11. The van der Waals surface area contributed by atoms with Gasteiger partial charge in [-0.25, -0.2) is 14.6 Å². The highest BCUT2D eigenvalue weighted by Crippen LogP contribution is 2.26. The Morgan fingerprint density at radius 3 is 2.53 bits per heavy atom. The molecule has 0 atom stereocenters. The second-order valence-electron chi connectivity index (χ2n) is 11.0. The standard InChI is InChI=1S/C30H32ClN7O5/c1-19-9-11-37(27(39)25(19)42-22-15-20(17-32)14-21(31)16-22)18-24-23-8-7-10-33-26(23)38(34-24)28(40)35(5)12-13-36(6)29(41)43-30(2,3)4/h7-11,14-16H,12-13,18H2,1-6H3. The number of carbonyl (C=O) groups is 2. The molecule has 0 unspecified atom stereocenters. The Labute approximate surface area is 253 Å². The van der Waals surface area contributed by atoms with Crippen LogP contribution in [0.2, 0.25) is 5.02 Å². The molecule has 0 aliphatic heterocycles. The van der Waals surface area contributed by atoms with Crippen molar-refractivity contribution in [3.8, 4) is 17.6 Å². The van der Waals surface area contributed by atoms with E-state index in [1.165, 1.54) is 37.2 Å². The molecule has 0 aliphatic rings. The van der Waals surface area contributed by atoms with Crippen molar-refractivity contribution in [2.45, 2.75) is 39.8 Å². The number of carbonyl (C=O) groups excluding carboxylic acids is 2. The van der Waals surface area contributed by atoms with E-state index in [4.69, 9.17) is 21.1 Å². The topological polar surface area (TPSA) is 136 Å². The van der Waals surface area contributed by atoms with Crippen LogP contribution in [0.25, 0.3) is 11.0 Å². The van der Waals surface area contributed by atoms with Crippen LogP contribution in [0.15, 0.2) is 53.6 Å². The average Bonchev–Trinajstić information content (AvgIpc) is 3.31. The lowest BCUT2D eigenvalue weighted by Crippen LogP contribution is -2.41. The molecule has 0 N–H and O–H groups in total. The van der Waals surface area contributed by atoms with Gasteiger partial charge in [0.15, 0.2) is 11.4 Å². The number of ether oxygens (including phenoxy) is 2. The fraction of sp³-hybridized carbons (Fsp3) is 0.333. The molecule has 43 heavy (non-hydrogen) atoms. The first-order valence-electron chi connectivity index (χ1n) is 13.4. The molecule has 3 heterocycles. The van der Waals surface area contributed by atoms with Gasteiger partial charge < -0.3 is 23.8 Å². The molecule has 2 amide bonds. The second-order valence-corrected chi connectivity index (χ2v) is 11.4. The molecule has 0 saturated heterocycles. The second kappa shape index (κ2) is 12.5. The molecular weight excluding hydrogens is 574 g/mol. The zero-order chi connectivity index (χ0) is 31.5. The highest BCUT2D eigenvalue weighted by Gasteiger charge is 2.23. The lowest BCUT2D eigenvalue weighted by Gasteiger charge is -2.26. The molecule has 12 nitrogen and oxygen atoms in total. The first kappa shape index (κ1) is 31.1. The van der Waals surface area contributed by atoms with E-state index in [9.17, 15) is 19.6 Å². The number of aromatic nitrogens is 4. The van der Waals surface area contributed by atoms with Crippen LogP contribution < -0.4 is 10.3 Å². The van der Waals surface area contributed by atoms with Gasteiger partial charge >= 0.3 is 12.1 Å². The number of amides is 2. The summed E-state index contributed by atoms with van der Waals surface area (Å²) in [6.45, 7) is 7.57. The molecule has 0 saturated carbocycles. The number of rotatable bonds is 7. The third-order valence-corrected chi connectivity index (χ3v) is 6.58. The van der Waals surface area contributed by atoms with Gasteiger partial charge in [0, 0.05) is 50.0 Å². The fourth-order valence-electron chi connectivity index (χ4n) is 4.11. The molecule has 0 spiro atoms. The number of aryl methyl sites for hydroxylation is 1. The van der Waals surface area contributed by atoms with Crippen molar-refractivity contribution in [2.75, 3.05) is 27.2 Å². The maximum absolute atomic E-state index is 13.5. The first-order chi connectivity index (χ1) is 20.3. The van der Waals surface area contributed by atoms with E-state index < -0.39 is 23.3 Å². The van der Waals surface area contributed by atoms with Crippen LogP contribution in [0.4, 0.5) is 9.59 Å². The smallest absolute Gasteiger partial charge is 0.410 e. The highest BCUT2D eigenvalue weighted by molar-refractivity contribution is 6.30. The SMILES string of the molecule is Cc1ccn(Cc2nn(C(=O)N(C)CCN(C)C(=O)OC(C)(C)C)c3ncccc23)c(=O)c1Oc1cc(Cl)cc(C#N)c1. The largest absolute Gasteiger partial charge is 0.451 e. The normalized spacial score (nSPS) is 11.2. The number of pyridine rings is 2. The van der Waals surface area contributed by atoms with E-state index in [-0.39, 0.29) is 31.1 Å². The minimum atomic E-state index is -0.633. The van der Waals surface area contributed by atoms with Crippen molar-refractivity contribution in [3.05, 3.63) is 81.0 Å². The van der Waals surface area contributed by atoms with E-state index in [1.54, 1.807) is 72.4 Å². The summed E-state index contributed by atoms with van der Waals surface area (Å²) in [4.78, 5) is 46.4. The quantitative estimate of drug-likeness (QED) is 0.286. The maximum atomic E-state index is 13.5. The number of halogens is 1. The van der Waals surface area contributed by atoms with Gasteiger partial charge in [0.2, 0.25) is 0 Å². The third-order valence-electron chi connectivity index (χ3n) is 6.36. The summed E-state index contributed by atoms with van der Waals surface area (Å²) in [7, 11) is 3.20. The van der Waals surface area contributed by atoms with Gasteiger partial charge in [-0.2, -0.15) is 15.0 Å². The number of nitriles is 1. The van der Waals surface area contributed by atoms with E-state index in [0.717, 1.165) is 0 Å². The van der Waals surface area contributed by atoms with Crippen LogP contribution in [0.5, 0.6) is 11.5 Å². The van der Waals surface area contributed by atoms with Crippen LogP contribution in [0, 0.1) is 18.3 Å². The highest BCUT2D eigenvalue weighted by atomic mass is 35.5. The molecule has 0 fully saturated rings. The van der Waals surface area contributed by atoms with E-state index in [1.807, 2.05) is 6.07 Å². The molecular formula is C30H32ClN7O5. The summed E-state index contributed by atoms with van der Waals surface area (Å²) in [6, 6.07) is 11.3. The molecule has 0 aliphatic carbocycles. The van der Waals surface area contributed by atoms with Crippen molar-refractivity contribution in [1.29, 1.82) is 5.26 Å². The molecule has 3 aromatic heterocycles. The zero-order valence-electron chi connectivity index (χ0n) is 24.8. The Balaban J connectivity index is 1.58. The summed E-state index contributed by atoms with van der Waals surface area (Å²) in [5.41, 5.74) is 0.596. The van der Waals surface area contributed by atoms with Crippen molar-refractivity contribution in [3.63, 3.8) is 0 Å². The van der Waals surface area contributed by atoms with E-state index in [2.05, 4.69) is 10.1 Å². The van der Waals surface area contributed by atoms with Gasteiger partial charge in [-0.05, 0) is 69.7 Å². The van der Waals surface area contributed by atoms with Gasteiger partial charge in [0.1, 0.15) is 11.4 Å². The Morgan fingerprint density at radius 1 is 1.12 bits per heavy atom. The van der Waals surface area contributed by atoms with Crippen LogP contribution in [0.1, 0.15) is 37.6 Å². The van der Waals surface area contributed by atoms with Gasteiger partial charge in [0.05, 0.1) is 23.9 Å². The van der Waals surface area contributed by atoms with E-state index in [0.29, 0.717) is 32.9 Å². The van der Waals surface area contributed by atoms with E-state index >= 15 is 0 Å². The Morgan fingerprint density at radius 2 is 1.84 bits per heavy atom. The van der Waals surface area contributed by atoms with Crippen LogP contribution >= 0.6 is 11.6 Å². The Kier molecular flexibility index (Phi) is 9.06. The summed E-state index contributed by atoms with van der Waals surface area (Å²) in [5.74, 6) is 0.326. The Bertz CT molecular complexity index is 1780. The first-order valence-corrected chi connectivity index (χ1v) is 13.8. The molecule has 0 bridgehead atoms. The van der Waals surface area contributed by atoms with Crippen LogP contribution in [-0.2, 0) is 11.3 Å². The summed E-state index contributed by atoms with van der Waals surface area (Å²) in [5, 5.41) is 14.7. The molecule has 0 radical (unpaired) electrons. The number of hydrogen-bond donors (Lipinski definition) is 0. The molecule has 4 rings (SSSR count). The molecule has 13 heteroatoms. The van der Waals surface area contributed by atoms with Gasteiger partial charge in [-0.3, -0.25) is 4.79 Å². The number of likely N-dealkylation sites (N-methyl/N-ethyl adjacent to an activating group) is 2.